The molecule has 0 aromatic heterocycles. The summed E-state index contributed by atoms with van der Waals surface area (Å²) in [7, 11) is 0. The normalized spacial score (nSPS) is 10.5. The third kappa shape index (κ3) is 3.85. The van der Waals surface area contributed by atoms with Crippen molar-refractivity contribution in [1.82, 2.24) is 0 Å². The summed E-state index contributed by atoms with van der Waals surface area (Å²) in [4.78, 5) is 11.3. The fourth-order valence-electron chi connectivity index (χ4n) is 1.11. The molecule has 0 aliphatic carbocycles. The van der Waals surface area contributed by atoms with Crippen LogP contribution in [0.3, 0.4) is 0 Å². The van der Waals surface area contributed by atoms with Gasteiger partial charge in [0.05, 0.1) is 5.69 Å². The van der Waals surface area contributed by atoms with Crippen LogP contribution in [-0.2, 0) is 4.79 Å². The molecule has 1 amide bonds. The molecule has 0 aliphatic heterocycles. The van der Waals surface area contributed by atoms with Crippen molar-refractivity contribution in [2.45, 2.75) is 19.8 Å². The summed E-state index contributed by atoms with van der Waals surface area (Å²) < 4.78 is 0. The highest BCUT2D eigenvalue weighted by atomic mass is 16.3. The molecule has 1 rings (SSSR count). The SMILES string of the molecule is CCCC=CC(=O)Nc1ccccc1O. The second-order valence-corrected chi connectivity index (χ2v) is 3.20. The Labute approximate surface area is 89.4 Å². The van der Waals surface area contributed by atoms with Gasteiger partial charge in [0.25, 0.3) is 0 Å². The van der Waals surface area contributed by atoms with Gasteiger partial charge < -0.3 is 10.4 Å². The van der Waals surface area contributed by atoms with Crippen molar-refractivity contribution in [2.75, 3.05) is 5.32 Å². The van der Waals surface area contributed by atoms with Crippen LogP contribution in [0.4, 0.5) is 5.69 Å². The average Bonchev–Trinajstić information content (AvgIpc) is 2.22. The lowest BCUT2D eigenvalue weighted by atomic mass is 10.3. The van der Waals surface area contributed by atoms with E-state index in [1.165, 1.54) is 12.1 Å². The fraction of sp³-hybridized carbons (Fsp3) is 0.250. The summed E-state index contributed by atoms with van der Waals surface area (Å²) in [6.45, 7) is 2.05. The number of hydrogen-bond acceptors (Lipinski definition) is 2. The number of carbonyl (C=O) groups is 1. The molecule has 0 atom stereocenters. The van der Waals surface area contributed by atoms with E-state index in [-0.39, 0.29) is 11.7 Å². The topological polar surface area (TPSA) is 49.3 Å². The van der Waals surface area contributed by atoms with Gasteiger partial charge in [-0.05, 0) is 24.6 Å². The van der Waals surface area contributed by atoms with E-state index in [4.69, 9.17) is 0 Å². The van der Waals surface area contributed by atoms with Gasteiger partial charge >= 0.3 is 0 Å². The van der Waals surface area contributed by atoms with Crippen molar-refractivity contribution >= 4 is 11.6 Å². The van der Waals surface area contributed by atoms with Crippen molar-refractivity contribution in [3.63, 3.8) is 0 Å². The van der Waals surface area contributed by atoms with Crippen molar-refractivity contribution in [3.05, 3.63) is 36.4 Å². The number of unbranched alkanes of at least 4 members (excludes halogenated alkanes) is 1. The molecular weight excluding hydrogens is 190 g/mol. The van der Waals surface area contributed by atoms with Crippen LogP contribution in [0.5, 0.6) is 5.75 Å². The van der Waals surface area contributed by atoms with E-state index < -0.39 is 0 Å². The highest BCUT2D eigenvalue weighted by molar-refractivity contribution is 6.00. The number of aromatic hydroxyl groups is 1. The third-order valence-corrected chi connectivity index (χ3v) is 1.89. The van der Waals surface area contributed by atoms with Crippen molar-refractivity contribution in [2.24, 2.45) is 0 Å². The maximum atomic E-state index is 11.3. The summed E-state index contributed by atoms with van der Waals surface area (Å²) in [5.41, 5.74) is 0.434. The minimum absolute atomic E-state index is 0.0785. The second kappa shape index (κ2) is 5.86. The Bertz CT molecular complexity index is 358. The first kappa shape index (κ1) is 11.3. The minimum Gasteiger partial charge on any atom is -0.506 e. The standard InChI is InChI=1S/C12H15NO2/c1-2-3-4-9-12(15)13-10-7-5-6-8-11(10)14/h4-9,14H,2-3H2,1H3,(H,13,15). The monoisotopic (exact) mass is 205 g/mol. The molecular formula is C12H15NO2. The maximum absolute atomic E-state index is 11.3. The lowest BCUT2D eigenvalue weighted by Gasteiger charge is -2.03. The number of nitrogens with one attached hydrogen (secondary N) is 1. The van der Waals surface area contributed by atoms with Crippen LogP contribution in [0.2, 0.25) is 0 Å². The number of benzene rings is 1. The summed E-state index contributed by atoms with van der Waals surface area (Å²) >= 11 is 0. The number of anilines is 1. The Balaban J connectivity index is 2.55. The molecule has 0 unspecified atom stereocenters. The molecule has 0 fully saturated rings. The molecule has 0 saturated carbocycles. The summed E-state index contributed by atoms with van der Waals surface area (Å²) in [6.07, 6.45) is 5.19. The van der Waals surface area contributed by atoms with Gasteiger partial charge in [-0.2, -0.15) is 0 Å². The van der Waals surface area contributed by atoms with Crippen LogP contribution in [-0.4, -0.2) is 11.0 Å². The predicted molar refractivity (Wildman–Crippen MR) is 60.8 cm³/mol. The molecule has 2 N–H and O–H groups in total. The lowest BCUT2D eigenvalue weighted by Crippen LogP contribution is -2.07. The number of carbonyl (C=O) groups excluding carboxylic acids is 1. The van der Waals surface area contributed by atoms with Crippen LogP contribution in [0, 0.1) is 0 Å². The number of phenolic OH excluding ortho intramolecular Hbond substituents is 1. The summed E-state index contributed by atoms with van der Waals surface area (Å²) in [6, 6.07) is 6.65. The number of hydrogen-bond donors (Lipinski definition) is 2. The van der Waals surface area contributed by atoms with Crippen molar-refractivity contribution in [3.8, 4) is 5.75 Å². The smallest absolute Gasteiger partial charge is 0.248 e. The van der Waals surface area contributed by atoms with E-state index in [0.29, 0.717) is 5.69 Å². The zero-order valence-electron chi connectivity index (χ0n) is 8.73. The molecule has 3 nitrogen and oxygen atoms in total. The van der Waals surface area contributed by atoms with E-state index in [9.17, 15) is 9.90 Å². The number of phenols is 1. The molecule has 0 heterocycles. The second-order valence-electron chi connectivity index (χ2n) is 3.20. The first-order valence-electron chi connectivity index (χ1n) is 4.99. The van der Waals surface area contributed by atoms with Crippen LogP contribution in [0.25, 0.3) is 0 Å². The molecule has 1 aromatic carbocycles. The Morgan fingerprint density at radius 1 is 1.47 bits per heavy atom. The molecule has 80 valence electrons. The maximum Gasteiger partial charge on any atom is 0.248 e. The zero-order chi connectivity index (χ0) is 11.1. The highest BCUT2D eigenvalue weighted by Crippen LogP contribution is 2.21. The Morgan fingerprint density at radius 3 is 2.87 bits per heavy atom. The molecule has 3 heteroatoms. The van der Waals surface area contributed by atoms with Crippen molar-refractivity contribution in [1.29, 1.82) is 0 Å². The number of allylic oxidation sites excluding steroid dienone is 1. The average molecular weight is 205 g/mol. The van der Waals surface area contributed by atoms with Gasteiger partial charge in [-0.25, -0.2) is 0 Å². The van der Waals surface area contributed by atoms with Gasteiger partial charge in [-0.1, -0.05) is 31.6 Å². The van der Waals surface area contributed by atoms with Gasteiger partial charge in [0, 0.05) is 0 Å². The minimum atomic E-state index is -0.218. The number of para-hydroxylation sites is 2. The van der Waals surface area contributed by atoms with E-state index >= 15 is 0 Å². The largest absolute Gasteiger partial charge is 0.506 e. The van der Waals surface area contributed by atoms with Crippen LogP contribution < -0.4 is 5.32 Å². The van der Waals surface area contributed by atoms with Gasteiger partial charge in [0.2, 0.25) is 5.91 Å². The lowest BCUT2D eigenvalue weighted by molar-refractivity contribution is -0.111. The van der Waals surface area contributed by atoms with Gasteiger partial charge in [-0.3, -0.25) is 4.79 Å². The van der Waals surface area contributed by atoms with E-state index in [1.54, 1.807) is 18.2 Å². The number of rotatable bonds is 4. The highest BCUT2D eigenvalue weighted by Gasteiger charge is 2.01. The third-order valence-electron chi connectivity index (χ3n) is 1.89. The van der Waals surface area contributed by atoms with Gasteiger partial charge in [0.1, 0.15) is 5.75 Å². The first-order valence-corrected chi connectivity index (χ1v) is 4.99. The Morgan fingerprint density at radius 2 is 2.20 bits per heavy atom. The molecule has 15 heavy (non-hydrogen) atoms. The Kier molecular flexibility index (Phi) is 4.41. The van der Waals surface area contributed by atoms with E-state index in [0.717, 1.165) is 12.8 Å². The quantitative estimate of drug-likeness (QED) is 0.586. The molecule has 0 radical (unpaired) electrons. The van der Waals surface area contributed by atoms with Crippen LogP contribution >= 0.6 is 0 Å². The van der Waals surface area contributed by atoms with Crippen LogP contribution in [0.15, 0.2) is 36.4 Å². The predicted octanol–water partition coefficient (Wildman–Crippen LogP) is 2.69. The molecule has 1 aromatic rings. The zero-order valence-corrected chi connectivity index (χ0v) is 8.73. The van der Waals surface area contributed by atoms with E-state index in [2.05, 4.69) is 5.32 Å². The van der Waals surface area contributed by atoms with Gasteiger partial charge in [0.15, 0.2) is 0 Å². The summed E-state index contributed by atoms with van der Waals surface area (Å²) in [5.74, 6) is -0.139. The van der Waals surface area contributed by atoms with E-state index in [1.807, 2.05) is 13.0 Å². The fourth-order valence-corrected chi connectivity index (χ4v) is 1.11. The number of amides is 1. The summed E-state index contributed by atoms with van der Waals surface area (Å²) in [5, 5.41) is 12.0. The molecule has 0 bridgehead atoms. The molecule has 0 aliphatic rings. The van der Waals surface area contributed by atoms with Crippen LogP contribution in [0.1, 0.15) is 19.8 Å². The first-order chi connectivity index (χ1) is 7.24. The molecule has 0 saturated heterocycles. The van der Waals surface area contributed by atoms with Crippen molar-refractivity contribution < 1.29 is 9.90 Å². The molecule has 0 spiro atoms. The Hall–Kier alpha value is -1.77. The van der Waals surface area contributed by atoms with Gasteiger partial charge in [-0.15, -0.1) is 0 Å².